The third-order valence-corrected chi connectivity index (χ3v) is 3.22. The second-order valence-corrected chi connectivity index (χ2v) is 5.57. The van der Waals surface area contributed by atoms with Gasteiger partial charge in [-0.05, 0) is 62.4 Å². The maximum atomic E-state index is 5.21. The van der Waals surface area contributed by atoms with Gasteiger partial charge in [0.25, 0.3) is 0 Å². The molecule has 0 unspecified atom stereocenters. The molecule has 3 nitrogen and oxygen atoms in total. The minimum Gasteiger partial charge on any atom is -0.497 e. The Morgan fingerprint density at radius 3 is 1.26 bits per heavy atom. The molecule has 23 heavy (non-hydrogen) atoms. The van der Waals surface area contributed by atoms with E-state index in [1.807, 2.05) is 24.3 Å². The number of rotatable bonds is 5. The first-order valence-electron chi connectivity index (χ1n) is 8.14. The van der Waals surface area contributed by atoms with E-state index in [0.717, 1.165) is 22.9 Å². The summed E-state index contributed by atoms with van der Waals surface area (Å²) < 4.78 is 10.4. The van der Waals surface area contributed by atoms with Crippen LogP contribution in [-0.4, -0.2) is 20.3 Å². The fourth-order valence-electron chi connectivity index (χ4n) is 2.23. The van der Waals surface area contributed by atoms with Gasteiger partial charge in [0.2, 0.25) is 0 Å². The number of benzene rings is 2. The van der Waals surface area contributed by atoms with Gasteiger partial charge in [0, 0.05) is 17.4 Å². The van der Waals surface area contributed by atoms with Gasteiger partial charge in [0.15, 0.2) is 0 Å². The van der Waals surface area contributed by atoms with Crippen molar-refractivity contribution in [3.05, 3.63) is 48.5 Å². The van der Waals surface area contributed by atoms with Gasteiger partial charge < -0.3 is 14.4 Å². The summed E-state index contributed by atoms with van der Waals surface area (Å²) in [7, 11) is 3.36. The molecule has 0 saturated carbocycles. The smallest absolute Gasteiger partial charge is 0.119 e. The summed E-state index contributed by atoms with van der Waals surface area (Å²) in [6, 6.07) is 16.6. The first-order chi connectivity index (χ1) is 11.1. The third-order valence-electron chi connectivity index (χ3n) is 3.22. The maximum absolute atomic E-state index is 5.21. The van der Waals surface area contributed by atoms with Crippen molar-refractivity contribution in [2.75, 3.05) is 19.1 Å². The van der Waals surface area contributed by atoms with Crippen molar-refractivity contribution in [1.82, 2.24) is 0 Å². The molecule has 3 heteroatoms. The monoisotopic (exact) mass is 315 g/mol. The summed E-state index contributed by atoms with van der Waals surface area (Å²) in [5.41, 5.74) is 2.29. The highest BCUT2D eigenvalue weighted by molar-refractivity contribution is 5.65. The largest absolute Gasteiger partial charge is 0.497 e. The third kappa shape index (κ3) is 5.51. The number of ether oxygens (including phenoxy) is 2. The Morgan fingerprint density at radius 1 is 0.739 bits per heavy atom. The molecule has 0 spiro atoms. The lowest BCUT2D eigenvalue weighted by atomic mass is 10.2. The molecule has 0 aliphatic rings. The SMILES string of the molecule is CCC.COc1ccc(N(c2ccc(OC)cc2)C(C)C)cc1. The van der Waals surface area contributed by atoms with E-state index < -0.39 is 0 Å². The molecule has 0 N–H and O–H groups in total. The maximum Gasteiger partial charge on any atom is 0.119 e. The molecule has 0 radical (unpaired) electrons. The van der Waals surface area contributed by atoms with Crippen molar-refractivity contribution in [3.8, 4) is 11.5 Å². The lowest BCUT2D eigenvalue weighted by molar-refractivity contribution is 0.415. The van der Waals surface area contributed by atoms with Crippen molar-refractivity contribution < 1.29 is 9.47 Å². The molecule has 0 bridgehead atoms. The Kier molecular flexibility index (Phi) is 8.03. The van der Waals surface area contributed by atoms with Crippen LogP contribution in [0.4, 0.5) is 11.4 Å². The van der Waals surface area contributed by atoms with Crippen LogP contribution in [0.3, 0.4) is 0 Å². The molecular weight excluding hydrogens is 286 g/mol. The van der Waals surface area contributed by atoms with Gasteiger partial charge in [-0.1, -0.05) is 20.3 Å². The van der Waals surface area contributed by atoms with Crippen LogP contribution in [0.2, 0.25) is 0 Å². The fourth-order valence-corrected chi connectivity index (χ4v) is 2.23. The number of nitrogens with zero attached hydrogens (tertiary/aromatic N) is 1. The molecular formula is C20H29NO2. The van der Waals surface area contributed by atoms with Crippen molar-refractivity contribution >= 4 is 11.4 Å². The van der Waals surface area contributed by atoms with Crippen LogP contribution in [0.5, 0.6) is 11.5 Å². The summed E-state index contributed by atoms with van der Waals surface area (Å²) in [5, 5.41) is 0. The molecule has 126 valence electrons. The van der Waals surface area contributed by atoms with Gasteiger partial charge in [-0.25, -0.2) is 0 Å². The minimum absolute atomic E-state index is 0.358. The second-order valence-electron chi connectivity index (χ2n) is 5.57. The molecule has 2 aromatic carbocycles. The van der Waals surface area contributed by atoms with Gasteiger partial charge in [-0.3, -0.25) is 0 Å². The van der Waals surface area contributed by atoms with Crippen molar-refractivity contribution in [1.29, 1.82) is 0 Å². The van der Waals surface area contributed by atoms with Gasteiger partial charge in [-0.2, -0.15) is 0 Å². The zero-order valence-electron chi connectivity index (χ0n) is 15.2. The van der Waals surface area contributed by atoms with Crippen molar-refractivity contribution in [2.45, 2.75) is 40.2 Å². The van der Waals surface area contributed by atoms with E-state index in [0.29, 0.717) is 6.04 Å². The Bertz CT molecular complexity index is 499. The van der Waals surface area contributed by atoms with Gasteiger partial charge in [-0.15, -0.1) is 0 Å². The predicted molar refractivity (Wildman–Crippen MR) is 99.2 cm³/mol. The van der Waals surface area contributed by atoms with Crippen LogP contribution in [0.1, 0.15) is 34.1 Å². The summed E-state index contributed by atoms with van der Waals surface area (Å²) in [5.74, 6) is 1.74. The van der Waals surface area contributed by atoms with E-state index in [9.17, 15) is 0 Å². The molecule has 0 aromatic heterocycles. The topological polar surface area (TPSA) is 21.7 Å². The molecule has 2 rings (SSSR count). The predicted octanol–water partition coefficient (Wildman–Crippen LogP) is 5.67. The average Bonchev–Trinajstić information content (AvgIpc) is 2.57. The lowest BCUT2D eigenvalue weighted by Gasteiger charge is -2.29. The van der Waals surface area contributed by atoms with E-state index in [1.54, 1.807) is 14.2 Å². The molecule has 0 saturated heterocycles. The van der Waals surface area contributed by atoms with E-state index in [1.165, 1.54) is 6.42 Å². The van der Waals surface area contributed by atoms with Crippen molar-refractivity contribution in [3.63, 3.8) is 0 Å². The molecule has 0 atom stereocenters. The van der Waals surface area contributed by atoms with E-state index in [-0.39, 0.29) is 0 Å². The highest BCUT2D eigenvalue weighted by Crippen LogP contribution is 2.30. The highest BCUT2D eigenvalue weighted by Gasteiger charge is 2.13. The normalized spacial score (nSPS) is 9.87. The summed E-state index contributed by atoms with van der Waals surface area (Å²) >= 11 is 0. The van der Waals surface area contributed by atoms with Crippen LogP contribution in [0, 0.1) is 0 Å². The summed E-state index contributed by atoms with van der Waals surface area (Å²) in [6.45, 7) is 8.60. The first kappa shape index (κ1) is 18.9. The van der Waals surface area contributed by atoms with Crippen LogP contribution < -0.4 is 14.4 Å². The molecule has 0 aliphatic heterocycles. The van der Waals surface area contributed by atoms with E-state index in [2.05, 4.69) is 56.9 Å². The van der Waals surface area contributed by atoms with Gasteiger partial charge >= 0.3 is 0 Å². The quantitative estimate of drug-likeness (QED) is 0.710. The molecule has 0 aliphatic carbocycles. The van der Waals surface area contributed by atoms with Crippen LogP contribution in [0.15, 0.2) is 48.5 Å². The van der Waals surface area contributed by atoms with Gasteiger partial charge in [0.1, 0.15) is 11.5 Å². The van der Waals surface area contributed by atoms with Crippen LogP contribution in [-0.2, 0) is 0 Å². The summed E-state index contributed by atoms with van der Waals surface area (Å²) in [6.07, 6.45) is 1.25. The number of hydrogen-bond acceptors (Lipinski definition) is 3. The number of hydrogen-bond donors (Lipinski definition) is 0. The minimum atomic E-state index is 0.358. The second kappa shape index (κ2) is 9.78. The van der Waals surface area contributed by atoms with E-state index in [4.69, 9.17) is 9.47 Å². The highest BCUT2D eigenvalue weighted by atomic mass is 16.5. The van der Waals surface area contributed by atoms with Crippen LogP contribution >= 0.6 is 0 Å². The number of anilines is 2. The Labute approximate surface area is 140 Å². The Morgan fingerprint density at radius 2 is 1.04 bits per heavy atom. The molecule has 0 amide bonds. The van der Waals surface area contributed by atoms with Crippen LogP contribution in [0.25, 0.3) is 0 Å². The number of methoxy groups -OCH3 is 2. The standard InChI is InChI=1S/C17H21NO2.C3H8/c1-13(2)18(14-5-9-16(19-3)10-6-14)15-7-11-17(20-4)12-8-15;1-3-2/h5-13H,1-4H3;3H2,1-2H3. The van der Waals surface area contributed by atoms with Gasteiger partial charge in [0.05, 0.1) is 14.2 Å². The average molecular weight is 315 g/mol. The van der Waals surface area contributed by atoms with E-state index >= 15 is 0 Å². The Balaban J connectivity index is 0.000000816. The fraction of sp³-hybridized carbons (Fsp3) is 0.400. The zero-order chi connectivity index (χ0) is 17.2. The first-order valence-corrected chi connectivity index (χ1v) is 8.14. The molecule has 0 fully saturated rings. The lowest BCUT2D eigenvalue weighted by Crippen LogP contribution is -2.25. The summed E-state index contributed by atoms with van der Waals surface area (Å²) in [4.78, 5) is 2.28. The zero-order valence-corrected chi connectivity index (χ0v) is 15.2. The molecule has 0 heterocycles. The Hall–Kier alpha value is -2.16. The molecule has 2 aromatic rings. The van der Waals surface area contributed by atoms with Crippen molar-refractivity contribution in [2.24, 2.45) is 0 Å².